The zero-order valence-electron chi connectivity index (χ0n) is 11.4. The van der Waals surface area contributed by atoms with Gasteiger partial charge in [0.1, 0.15) is 5.01 Å². The first-order valence-corrected chi connectivity index (χ1v) is 8.00. The van der Waals surface area contributed by atoms with Gasteiger partial charge in [-0.25, -0.2) is 4.98 Å². The molecule has 0 fully saturated rings. The van der Waals surface area contributed by atoms with Crippen molar-refractivity contribution >= 4 is 53.4 Å². The molecule has 0 saturated carbocycles. The van der Waals surface area contributed by atoms with Crippen molar-refractivity contribution in [3.63, 3.8) is 0 Å². The Morgan fingerprint density at radius 2 is 2.10 bits per heavy atom. The van der Waals surface area contributed by atoms with Crippen LogP contribution in [-0.4, -0.2) is 24.0 Å². The summed E-state index contributed by atoms with van der Waals surface area (Å²) in [6.45, 7) is 1.37. The second-order valence-electron chi connectivity index (χ2n) is 4.14. The highest BCUT2D eigenvalue weighted by molar-refractivity contribution is 7.20. The van der Waals surface area contributed by atoms with E-state index >= 15 is 0 Å². The minimum atomic E-state index is 0. The van der Waals surface area contributed by atoms with Crippen molar-refractivity contribution in [2.75, 3.05) is 13.1 Å². The van der Waals surface area contributed by atoms with Gasteiger partial charge in [-0.15, -0.1) is 47.5 Å². The number of aromatic nitrogens is 1. The molecule has 0 aliphatic rings. The quantitative estimate of drug-likeness (QED) is 0.738. The van der Waals surface area contributed by atoms with Crippen molar-refractivity contribution < 1.29 is 4.79 Å². The lowest BCUT2D eigenvalue weighted by atomic mass is 10.3. The maximum atomic E-state index is 11.7. The number of nitrogens with one attached hydrogen (secondary N) is 1. The summed E-state index contributed by atoms with van der Waals surface area (Å²) in [6, 6.07) is 4.05. The molecule has 8 heteroatoms. The number of thiazole rings is 1. The largest absolute Gasteiger partial charge is 0.356 e. The van der Waals surface area contributed by atoms with E-state index in [2.05, 4.69) is 10.3 Å². The second-order valence-corrected chi connectivity index (χ2v) is 5.95. The third-order valence-corrected chi connectivity index (χ3v) is 4.51. The number of nitrogens with two attached hydrogens (primary N) is 1. The molecule has 0 spiro atoms. The molecule has 4 nitrogen and oxygen atoms in total. The topological polar surface area (TPSA) is 68.0 Å². The molecule has 0 saturated heterocycles. The lowest BCUT2D eigenvalue weighted by molar-refractivity contribution is -0.120. The summed E-state index contributed by atoms with van der Waals surface area (Å²) in [4.78, 5) is 17.3. The van der Waals surface area contributed by atoms with Crippen LogP contribution in [0, 0.1) is 0 Å². The normalized spacial score (nSPS) is 9.57. The minimum absolute atomic E-state index is 0. The fourth-order valence-corrected chi connectivity index (χ4v) is 3.26. The van der Waals surface area contributed by atoms with E-state index < -0.39 is 0 Å². The minimum Gasteiger partial charge on any atom is -0.356 e. The maximum Gasteiger partial charge on any atom is 0.226 e. The highest BCUT2D eigenvalue weighted by Crippen LogP contribution is 2.27. The lowest BCUT2D eigenvalue weighted by Crippen LogP contribution is -2.26. The highest BCUT2D eigenvalue weighted by Gasteiger charge is 2.09. The van der Waals surface area contributed by atoms with Gasteiger partial charge >= 0.3 is 0 Å². The highest BCUT2D eigenvalue weighted by atomic mass is 35.5. The van der Waals surface area contributed by atoms with E-state index in [9.17, 15) is 4.79 Å². The van der Waals surface area contributed by atoms with Crippen LogP contribution in [0.1, 0.15) is 18.5 Å². The van der Waals surface area contributed by atoms with Crippen LogP contribution in [0.2, 0.25) is 0 Å². The van der Waals surface area contributed by atoms with Crippen LogP contribution < -0.4 is 11.1 Å². The number of carbonyl (C=O) groups is 1. The van der Waals surface area contributed by atoms with Crippen LogP contribution in [-0.2, 0) is 11.2 Å². The standard InChI is InChI=1S/C13H17N3OS2.2ClH/c14-5-1-2-6-15-12(17)8-10-9-19-13(16-10)11-4-3-7-18-11;;/h3-4,7,9H,1-2,5-6,8,14H2,(H,15,17);2*1H. The predicted molar refractivity (Wildman–Crippen MR) is 94.9 cm³/mol. The number of hydrogen-bond acceptors (Lipinski definition) is 5. The second kappa shape index (κ2) is 11.0. The van der Waals surface area contributed by atoms with Crippen molar-refractivity contribution in [3.05, 3.63) is 28.6 Å². The SMILES string of the molecule is Cl.Cl.NCCCCNC(=O)Cc1csc(-c2cccs2)n1. The monoisotopic (exact) mass is 367 g/mol. The Morgan fingerprint density at radius 3 is 2.76 bits per heavy atom. The van der Waals surface area contributed by atoms with Gasteiger partial charge in [0.05, 0.1) is 17.0 Å². The number of halogens is 2. The number of carbonyl (C=O) groups excluding carboxylic acids is 1. The molecular formula is C13H19Cl2N3OS2. The number of hydrogen-bond donors (Lipinski definition) is 2. The third-order valence-electron chi connectivity index (χ3n) is 2.58. The van der Waals surface area contributed by atoms with Crippen LogP contribution >= 0.6 is 47.5 Å². The van der Waals surface area contributed by atoms with Crippen molar-refractivity contribution in [1.82, 2.24) is 10.3 Å². The van der Waals surface area contributed by atoms with E-state index in [1.807, 2.05) is 22.9 Å². The summed E-state index contributed by atoms with van der Waals surface area (Å²) >= 11 is 3.25. The molecular weight excluding hydrogens is 349 g/mol. The molecule has 2 heterocycles. The first-order chi connectivity index (χ1) is 9.29. The Labute approximate surface area is 145 Å². The number of thiophene rings is 1. The number of unbranched alkanes of at least 4 members (excludes halogenated alkanes) is 1. The van der Waals surface area contributed by atoms with E-state index in [4.69, 9.17) is 5.73 Å². The van der Waals surface area contributed by atoms with Crippen molar-refractivity contribution in [2.24, 2.45) is 5.73 Å². The molecule has 2 rings (SSSR count). The van der Waals surface area contributed by atoms with E-state index in [1.54, 1.807) is 22.7 Å². The van der Waals surface area contributed by atoms with E-state index in [-0.39, 0.29) is 30.7 Å². The fraction of sp³-hybridized carbons (Fsp3) is 0.385. The summed E-state index contributed by atoms with van der Waals surface area (Å²) in [5, 5.41) is 7.85. The molecule has 0 aliphatic carbocycles. The first-order valence-electron chi connectivity index (χ1n) is 6.24. The number of amides is 1. The van der Waals surface area contributed by atoms with Gasteiger partial charge in [-0.3, -0.25) is 4.79 Å². The molecule has 21 heavy (non-hydrogen) atoms. The van der Waals surface area contributed by atoms with E-state index in [0.717, 1.165) is 28.4 Å². The Kier molecular flexibility index (Phi) is 10.6. The lowest BCUT2D eigenvalue weighted by Gasteiger charge is -2.02. The molecule has 0 bridgehead atoms. The predicted octanol–water partition coefficient (Wildman–Crippen LogP) is 3.11. The van der Waals surface area contributed by atoms with Crippen LogP contribution in [0.3, 0.4) is 0 Å². The molecule has 2 aromatic rings. The first kappa shape index (κ1) is 20.3. The van der Waals surface area contributed by atoms with Gasteiger partial charge in [-0.1, -0.05) is 6.07 Å². The van der Waals surface area contributed by atoms with Gasteiger partial charge in [-0.2, -0.15) is 0 Å². The maximum absolute atomic E-state index is 11.7. The summed E-state index contributed by atoms with van der Waals surface area (Å²) in [5.41, 5.74) is 6.24. The van der Waals surface area contributed by atoms with Gasteiger partial charge in [0, 0.05) is 11.9 Å². The Morgan fingerprint density at radius 1 is 1.29 bits per heavy atom. The Hall–Kier alpha value is -0.660. The number of rotatable bonds is 7. The van der Waals surface area contributed by atoms with E-state index in [0.29, 0.717) is 19.5 Å². The van der Waals surface area contributed by atoms with Gasteiger partial charge in [0.15, 0.2) is 0 Å². The number of nitrogens with zero attached hydrogens (tertiary/aromatic N) is 1. The summed E-state index contributed by atoms with van der Waals surface area (Å²) < 4.78 is 0. The molecule has 0 aliphatic heterocycles. The fourth-order valence-electron chi connectivity index (χ4n) is 1.63. The van der Waals surface area contributed by atoms with Gasteiger partial charge in [-0.05, 0) is 30.8 Å². The molecule has 0 unspecified atom stereocenters. The molecule has 0 atom stereocenters. The van der Waals surface area contributed by atoms with Crippen LogP contribution in [0.25, 0.3) is 9.88 Å². The van der Waals surface area contributed by atoms with Gasteiger partial charge in [0.25, 0.3) is 0 Å². The molecule has 3 N–H and O–H groups in total. The van der Waals surface area contributed by atoms with Crippen LogP contribution in [0.4, 0.5) is 0 Å². The molecule has 0 radical (unpaired) electrons. The third kappa shape index (κ3) is 6.76. The van der Waals surface area contributed by atoms with Gasteiger partial charge in [0.2, 0.25) is 5.91 Å². The zero-order chi connectivity index (χ0) is 13.5. The van der Waals surface area contributed by atoms with Crippen LogP contribution in [0.15, 0.2) is 22.9 Å². The van der Waals surface area contributed by atoms with Crippen molar-refractivity contribution in [1.29, 1.82) is 0 Å². The molecule has 2 aromatic heterocycles. The van der Waals surface area contributed by atoms with Gasteiger partial charge < -0.3 is 11.1 Å². The average molecular weight is 368 g/mol. The molecule has 0 aromatic carbocycles. The summed E-state index contributed by atoms with van der Waals surface area (Å²) in [6.07, 6.45) is 2.23. The summed E-state index contributed by atoms with van der Waals surface area (Å²) in [7, 11) is 0. The summed E-state index contributed by atoms with van der Waals surface area (Å²) in [5.74, 6) is 0.0278. The molecule has 118 valence electrons. The Balaban J connectivity index is 0.00000200. The molecule has 1 amide bonds. The van der Waals surface area contributed by atoms with E-state index in [1.165, 1.54) is 0 Å². The van der Waals surface area contributed by atoms with Crippen molar-refractivity contribution in [3.8, 4) is 9.88 Å². The smallest absolute Gasteiger partial charge is 0.226 e. The zero-order valence-corrected chi connectivity index (χ0v) is 14.7. The average Bonchev–Trinajstić information content (AvgIpc) is 3.04. The Bertz CT molecular complexity index is 517. The van der Waals surface area contributed by atoms with Crippen LogP contribution in [0.5, 0.6) is 0 Å². The van der Waals surface area contributed by atoms with Crippen molar-refractivity contribution in [2.45, 2.75) is 19.3 Å².